The molecular weight excluding hydrogens is 514 g/mol. The summed E-state index contributed by atoms with van der Waals surface area (Å²) in [6.45, 7) is 9.45. The van der Waals surface area contributed by atoms with Crippen molar-refractivity contribution < 1.29 is 14.4 Å². The van der Waals surface area contributed by atoms with Gasteiger partial charge in [-0.2, -0.15) is 5.26 Å². The molecule has 3 fully saturated rings. The molecule has 39 heavy (non-hydrogen) atoms. The number of nitriles is 1. The topological polar surface area (TPSA) is 137 Å². The number of pyridine rings is 2. The third-order valence-corrected chi connectivity index (χ3v) is 9.55. The third-order valence-electron chi connectivity index (χ3n) is 8.41. The molecule has 3 atom stereocenters. The van der Waals surface area contributed by atoms with Gasteiger partial charge in [0.15, 0.2) is 0 Å². The highest BCUT2D eigenvalue weighted by molar-refractivity contribution is 7.19. The average molecular weight is 544 g/mol. The Hall–Kier alpha value is -3.72. The lowest BCUT2D eigenvalue weighted by molar-refractivity contribution is -0.143. The summed E-state index contributed by atoms with van der Waals surface area (Å²) in [5, 5.41) is 11.4. The molecule has 1 saturated carbocycles. The third kappa shape index (κ3) is 3.93. The summed E-state index contributed by atoms with van der Waals surface area (Å²) in [7, 11) is 0. The largest absolute Gasteiger partial charge is 0.333 e. The second-order valence-electron chi connectivity index (χ2n) is 11.3. The lowest BCUT2D eigenvalue weighted by atomic mass is 9.96. The Morgan fingerprint density at radius 3 is 2.59 bits per heavy atom. The number of carbonyl (C=O) groups is 3. The lowest BCUT2D eigenvalue weighted by Crippen LogP contribution is -2.56. The molecule has 10 nitrogen and oxygen atoms in total. The molecule has 3 aromatic heterocycles. The van der Waals surface area contributed by atoms with E-state index in [1.165, 1.54) is 16.2 Å². The van der Waals surface area contributed by atoms with Gasteiger partial charge in [0, 0.05) is 47.9 Å². The summed E-state index contributed by atoms with van der Waals surface area (Å²) in [6.07, 6.45) is 1.67. The number of nitrogens with zero attached hydrogens (tertiary/aromatic N) is 6. The fraction of sp³-hybridized carbons (Fsp3) is 0.429. The number of likely N-dealkylation sites (tertiary alicyclic amines) is 1. The van der Waals surface area contributed by atoms with Crippen LogP contribution in [-0.4, -0.2) is 68.2 Å². The van der Waals surface area contributed by atoms with E-state index >= 15 is 0 Å². The molecule has 0 aromatic carbocycles. The van der Waals surface area contributed by atoms with E-state index < -0.39 is 0 Å². The Labute approximate surface area is 230 Å². The van der Waals surface area contributed by atoms with Gasteiger partial charge in [-0.1, -0.05) is 13.8 Å². The van der Waals surface area contributed by atoms with E-state index in [2.05, 4.69) is 16.0 Å². The van der Waals surface area contributed by atoms with Crippen LogP contribution in [0.15, 0.2) is 24.4 Å². The van der Waals surface area contributed by atoms with Crippen LogP contribution in [-0.2, 0) is 16.1 Å². The number of hydrazine groups is 1. The number of hydrogen-bond donors (Lipinski definition) is 1. The number of piperazine rings is 1. The van der Waals surface area contributed by atoms with Crippen molar-refractivity contribution in [3.8, 4) is 17.2 Å². The predicted molar refractivity (Wildman–Crippen MR) is 145 cm³/mol. The fourth-order valence-corrected chi connectivity index (χ4v) is 7.37. The molecule has 0 radical (unpaired) electrons. The van der Waals surface area contributed by atoms with Crippen LogP contribution < -0.4 is 5.84 Å². The van der Waals surface area contributed by atoms with Crippen molar-refractivity contribution in [2.24, 2.45) is 23.1 Å². The minimum absolute atomic E-state index is 0.0864. The first-order valence-corrected chi connectivity index (χ1v) is 13.8. The highest BCUT2D eigenvalue weighted by Gasteiger charge is 2.72. The SMILES string of the molecule is Cc1nc(C#N)cc(-c2ccnc3cc(CN4C(=O)C5C(C4=O)C5(C)C)sc23)c1C(=O)N1CCN(N)C[C@@H]1C. The number of rotatable bonds is 4. The van der Waals surface area contributed by atoms with Crippen molar-refractivity contribution >= 4 is 39.3 Å². The number of amides is 3. The molecule has 0 spiro atoms. The minimum atomic E-state index is -0.256. The molecule has 0 bridgehead atoms. The van der Waals surface area contributed by atoms with Gasteiger partial charge in [-0.15, -0.1) is 11.3 Å². The number of nitrogens with two attached hydrogens (primary N) is 1. The highest BCUT2D eigenvalue weighted by Crippen LogP contribution is 2.63. The first-order valence-electron chi connectivity index (χ1n) is 13.0. The van der Waals surface area contributed by atoms with Crippen LogP contribution in [0, 0.1) is 35.5 Å². The van der Waals surface area contributed by atoms with Crippen molar-refractivity contribution in [1.82, 2.24) is 24.8 Å². The zero-order valence-corrected chi connectivity index (χ0v) is 23.1. The second-order valence-corrected chi connectivity index (χ2v) is 12.4. The van der Waals surface area contributed by atoms with E-state index in [4.69, 9.17) is 5.84 Å². The zero-order chi connectivity index (χ0) is 27.8. The summed E-state index contributed by atoms with van der Waals surface area (Å²) in [6, 6.07) is 7.40. The molecule has 2 N–H and O–H groups in total. The molecular formula is C28H29N7O3S. The van der Waals surface area contributed by atoms with Crippen molar-refractivity contribution in [3.63, 3.8) is 0 Å². The Morgan fingerprint density at radius 2 is 1.92 bits per heavy atom. The maximum absolute atomic E-state index is 13.9. The van der Waals surface area contributed by atoms with Gasteiger partial charge in [-0.05, 0) is 37.5 Å². The number of carbonyl (C=O) groups excluding carboxylic acids is 3. The molecule has 1 aliphatic carbocycles. The van der Waals surface area contributed by atoms with Crippen molar-refractivity contribution in [3.05, 3.63) is 46.2 Å². The standard InChI is InChI=1S/C28H29N7O3S/c1-14-12-33(30)7-8-34(14)25(36)21-15(2)32-16(11-29)9-19(21)18-5-6-31-20-10-17(39-24(18)20)13-35-26(37)22-23(27(35)38)28(22,3)4/h5-6,9-10,14,22-23H,7-8,12-13,30H2,1-4H3/t14-,22?,23?/m0/s1. The summed E-state index contributed by atoms with van der Waals surface area (Å²) in [5.41, 5.74) is 2.96. The van der Waals surface area contributed by atoms with Gasteiger partial charge in [0.25, 0.3) is 5.91 Å². The quantitative estimate of drug-likeness (QED) is 0.392. The average Bonchev–Trinajstić information content (AvgIpc) is 3.13. The van der Waals surface area contributed by atoms with Crippen LogP contribution in [0.4, 0.5) is 0 Å². The lowest BCUT2D eigenvalue weighted by Gasteiger charge is -2.38. The number of aryl methyl sites for hydroxylation is 1. The van der Waals surface area contributed by atoms with Crippen LogP contribution in [0.25, 0.3) is 21.3 Å². The van der Waals surface area contributed by atoms with Crippen LogP contribution in [0.5, 0.6) is 0 Å². The Balaban J connectivity index is 1.40. The van der Waals surface area contributed by atoms with Crippen LogP contribution >= 0.6 is 11.3 Å². The normalized spacial score (nSPS) is 24.3. The van der Waals surface area contributed by atoms with Crippen LogP contribution in [0.1, 0.15) is 47.4 Å². The first-order chi connectivity index (χ1) is 18.5. The van der Waals surface area contributed by atoms with Crippen molar-refractivity contribution in [2.75, 3.05) is 19.6 Å². The Kier molecular flexibility index (Phi) is 5.84. The number of fused-ring (bicyclic) bond motifs is 2. The van der Waals surface area contributed by atoms with Gasteiger partial charge < -0.3 is 4.90 Å². The van der Waals surface area contributed by atoms with E-state index in [-0.39, 0.29) is 53.3 Å². The molecule has 2 saturated heterocycles. The van der Waals surface area contributed by atoms with E-state index in [1.54, 1.807) is 29.1 Å². The van der Waals surface area contributed by atoms with E-state index in [9.17, 15) is 19.6 Å². The Morgan fingerprint density at radius 1 is 1.21 bits per heavy atom. The maximum Gasteiger partial charge on any atom is 0.256 e. The van der Waals surface area contributed by atoms with Gasteiger partial charge in [0.2, 0.25) is 11.8 Å². The van der Waals surface area contributed by atoms with Crippen molar-refractivity contribution in [1.29, 1.82) is 5.26 Å². The molecule has 2 aliphatic heterocycles. The monoisotopic (exact) mass is 543 g/mol. The molecule has 6 rings (SSSR count). The maximum atomic E-state index is 13.9. The second kappa shape index (κ2) is 8.91. The predicted octanol–water partition coefficient (Wildman–Crippen LogP) is 2.70. The fourth-order valence-electron chi connectivity index (χ4n) is 6.24. The first kappa shape index (κ1) is 25.6. The number of piperidine rings is 1. The molecule has 11 heteroatoms. The van der Waals surface area contributed by atoms with Gasteiger partial charge in [0.05, 0.1) is 39.9 Å². The summed E-state index contributed by atoms with van der Waals surface area (Å²) in [5.74, 6) is 5.15. The number of thiophene rings is 1. The minimum Gasteiger partial charge on any atom is -0.333 e. The summed E-state index contributed by atoms with van der Waals surface area (Å²) >= 11 is 1.44. The summed E-state index contributed by atoms with van der Waals surface area (Å²) in [4.78, 5) is 52.6. The van der Waals surface area contributed by atoms with E-state index in [0.717, 1.165) is 15.1 Å². The highest BCUT2D eigenvalue weighted by atomic mass is 32.1. The molecule has 3 aliphatic rings. The van der Waals surface area contributed by atoms with Gasteiger partial charge in [-0.25, -0.2) is 9.99 Å². The van der Waals surface area contributed by atoms with Crippen LogP contribution in [0.3, 0.4) is 0 Å². The van der Waals surface area contributed by atoms with Gasteiger partial charge in [0.1, 0.15) is 11.8 Å². The van der Waals surface area contributed by atoms with Gasteiger partial charge >= 0.3 is 0 Å². The molecule has 200 valence electrons. The van der Waals surface area contributed by atoms with E-state index in [1.807, 2.05) is 32.9 Å². The Bertz CT molecular complexity index is 1580. The molecule has 2 unspecified atom stereocenters. The smallest absolute Gasteiger partial charge is 0.256 e. The van der Waals surface area contributed by atoms with Crippen molar-refractivity contribution in [2.45, 2.75) is 40.3 Å². The number of imide groups is 1. The van der Waals surface area contributed by atoms with Crippen LogP contribution in [0.2, 0.25) is 0 Å². The van der Waals surface area contributed by atoms with E-state index in [0.29, 0.717) is 42.0 Å². The molecule has 5 heterocycles. The van der Waals surface area contributed by atoms with Gasteiger partial charge in [-0.3, -0.25) is 30.1 Å². The number of aromatic nitrogens is 2. The summed E-state index contributed by atoms with van der Waals surface area (Å²) < 4.78 is 0.820. The zero-order valence-electron chi connectivity index (χ0n) is 22.3. The molecule has 3 amide bonds. The molecule has 3 aromatic rings. The number of hydrogen-bond acceptors (Lipinski definition) is 9.